The molecule has 0 radical (unpaired) electrons. The molecule has 0 bridgehead atoms. The molecule has 0 aromatic carbocycles. The largest absolute Gasteiger partial charge is 0.299 e. The first-order valence-electron chi connectivity index (χ1n) is 5.48. The first-order valence-corrected chi connectivity index (χ1v) is 5.48. The Morgan fingerprint density at radius 3 is 1.06 bits per heavy atom. The van der Waals surface area contributed by atoms with E-state index < -0.39 is 0 Å². The quantitative estimate of drug-likeness (QED) is 0.363. The molecule has 1 heteroatoms. The summed E-state index contributed by atoms with van der Waals surface area (Å²) < 4.78 is 0. The van der Waals surface area contributed by atoms with Crippen molar-refractivity contribution in [3.63, 3.8) is 0 Å². The van der Waals surface area contributed by atoms with Crippen molar-refractivity contribution in [1.82, 2.24) is 0 Å². The second kappa shape index (κ2) is 13.8. The molecule has 0 N–H and O–H groups in total. The molecule has 0 fully saturated rings. The first-order chi connectivity index (χ1) is 8.41. The third kappa shape index (κ3) is 13.9. The number of allylic oxidation sites excluding steroid dienone is 14. The molecule has 0 aromatic heterocycles. The van der Waals surface area contributed by atoms with E-state index in [1.54, 1.807) is 12.2 Å². The Morgan fingerprint density at radius 1 is 0.471 bits per heavy atom. The van der Waals surface area contributed by atoms with Gasteiger partial charge < -0.3 is 0 Å². The first kappa shape index (κ1) is 14.8. The molecule has 0 atom stereocenters. The summed E-state index contributed by atoms with van der Waals surface area (Å²) in [5.41, 5.74) is 0. The van der Waals surface area contributed by atoms with E-state index in [-0.39, 0.29) is 0 Å². The minimum absolute atomic E-state index is 0.750. The highest BCUT2D eigenvalue weighted by atomic mass is 16.1. The molecule has 0 rings (SSSR count). The average Bonchev–Trinajstić information content (AvgIpc) is 2.35. The van der Waals surface area contributed by atoms with Gasteiger partial charge in [0, 0.05) is 0 Å². The molecule has 88 valence electrons. The zero-order chi connectivity index (χ0) is 12.6. The van der Waals surface area contributed by atoms with Gasteiger partial charge >= 0.3 is 0 Å². The summed E-state index contributed by atoms with van der Waals surface area (Å²) in [7, 11) is 0. The summed E-state index contributed by atoms with van der Waals surface area (Å²) in [6.07, 6.45) is 27.1. The second-order valence-corrected chi connectivity index (χ2v) is 2.97. The van der Waals surface area contributed by atoms with Crippen LogP contribution in [0.1, 0.15) is 6.92 Å². The molecule has 0 saturated carbocycles. The number of hydrogen-bond donors (Lipinski definition) is 0. The van der Waals surface area contributed by atoms with Gasteiger partial charge in [0.15, 0.2) is 0 Å². The van der Waals surface area contributed by atoms with Crippen molar-refractivity contribution in [3.05, 3.63) is 85.1 Å². The maximum Gasteiger partial charge on any atom is 0.142 e. The normalized spacial score (nSPS) is 13.9. The van der Waals surface area contributed by atoms with Gasteiger partial charge in [-0.05, 0) is 13.0 Å². The number of carbonyl (C=O) groups excluding carboxylic acids is 1. The van der Waals surface area contributed by atoms with Crippen LogP contribution in [0.15, 0.2) is 85.1 Å². The third-order valence-corrected chi connectivity index (χ3v) is 1.60. The van der Waals surface area contributed by atoms with Crippen LogP contribution in [0.2, 0.25) is 0 Å². The maximum atomic E-state index is 9.94. The minimum atomic E-state index is 0.750. The van der Waals surface area contributed by atoms with Crippen molar-refractivity contribution < 1.29 is 4.79 Å². The Hall–Kier alpha value is -2.15. The van der Waals surface area contributed by atoms with Crippen LogP contribution in [-0.2, 0) is 4.79 Å². The molecule has 1 nitrogen and oxygen atoms in total. The Balaban J connectivity index is 3.80. The summed E-state index contributed by atoms with van der Waals surface area (Å²) in [6, 6.07) is 0. The van der Waals surface area contributed by atoms with Crippen LogP contribution in [0.25, 0.3) is 0 Å². The second-order valence-electron chi connectivity index (χ2n) is 2.97. The van der Waals surface area contributed by atoms with Crippen LogP contribution in [0.3, 0.4) is 0 Å². The van der Waals surface area contributed by atoms with Crippen LogP contribution in [0, 0.1) is 0 Å². The van der Waals surface area contributed by atoms with E-state index in [1.807, 2.05) is 73.8 Å². The van der Waals surface area contributed by atoms with Gasteiger partial charge in [-0.1, -0.05) is 79.0 Å². The van der Waals surface area contributed by atoms with Gasteiger partial charge in [-0.3, -0.25) is 4.79 Å². The van der Waals surface area contributed by atoms with Crippen LogP contribution in [-0.4, -0.2) is 6.29 Å². The van der Waals surface area contributed by atoms with E-state index in [2.05, 4.69) is 0 Å². The van der Waals surface area contributed by atoms with Crippen molar-refractivity contribution in [3.8, 4) is 0 Å². The highest BCUT2D eigenvalue weighted by Gasteiger charge is 1.64. The molecular formula is C16H18O. The van der Waals surface area contributed by atoms with Gasteiger partial charge in [0.25, 0.3) is 0 Å². The highest BCUT2D eigenvalue weighted by molar-refractivity contribution is 5.65. The molecule has 17 heavy (non-hydrogen) atoms. The molecule has 0 spiro atoms. The minimum Gasteiger partial charge on any atom is -0.299 e. The Kier molecular flexibility index (Phi) is 12.1. The predicted molar refractivity (Wildman–Crippen MR) is 75.7 cm³/mol. The highest BCUT2D eigenvalue weighted by Crippen LogP contribution is 1.84. The van der Waals surface area contributed by atoms with Crippen LogP contribution >= 0.6 is 0 Å². The molecule has 0 aromatic rings. The average molecular weight is 226 g/mol. The lowest BCUT2D eigenvalue weighted by Crippen LogP contribution is -1.56. The third-order valence-electron chi connectivity index (χ3n) is 1.60. The molecular weight excluding hydrogens is 208 g/mol. The molecule has 0 unspecified atom stereocenters. The fourth-order valence-corrected chi connectivity index (χ4v) is 0.862. The number of hydrogen-bond acceptors (Lipinski definition) is 1. The van der Waals surface area contributed by atoms with Crippen LogP contribution < -0.4 is 0 Å². The summed E-state index contributed by atoms with van der Waals surface area (Å²) in [4.78, 5) is 9.94. The maximum absolute atomic E-state index is 9.94. The van der Waals surface area contributed by atoms with E-state index in [9.17, 15) is 4.79 Å². The molecule has 0 heterocycles. The lowest BCUT2D eigenvalue weighted by Gasteiger charge is -1.74. The number of aldehydes is 1. The fourth-order valence-electron chi connectivity index (χ4n) is 0.862. The van der Waals surface area contributed by atoms with Crippen molar-refractivity contribution in [2.45, 2.75) is 6.92 Å². The molecule has 0 aliphatic carbocycles. The van der Waals surface area contributed by atoms with Crippen molar-refractivity contribution >= 4 is 6.29 Å². The Labute approximate surface area is 104 Å². The summed E-state index contributed by atoms with van der Waals surface area (Å²) >= 11 is 0. The number of rotatable bonds is 7. The Morgan fingerprint density at radius 2 is 0.765 bits per heavy atom. The summed E-state index contributed by atoms with van der Waals surface area (Å²) in [5, 5.41) is 0. The molecule has 0 amide bonds. The molecule has 0 aliphatic rings. The number of carbonyl (C=O) groups is 1. The lowest BCUT2D eigenvalue weighted by molar-refractivity contribution is -0.104. The Bertz CT molecular complexity index is 374. The van der Waals surface area contributed by atoms with E-state index >= 15 is 0 Å². The SMILES string of the molecule is C/C=C/C=C/C=C/C=C/C=C/C=C/C=C/C=O. The van der Waals surface area contributed by atoms with Gasteiger partial charge in [0.05, 0.1) is 0 Å². The summed E-state index contributed by atoms with van der Waals surface area (Å²) in [5.74, 6) is 0. The molecule has 0 aliphatic heterocycles. The van der Waals surface area contributed by atoms with E-state index in [0.717, 1.165) is 6.29 Å². The zero-order valence-electron chi connectivity index (χ0n) is 10.1. The van der Waals surface area contributed by atoms with Crippen LogP contribution in [0.5, 0.6) is 0 Å². The monoisotopic (exact) mass is 226 g/mol. The van der Waals surface area contributed by atoms with E-state index in [1.165, 1.54) is 6.08 Å². The summed E-state index contributed by atoms with van der Waals surface area (Å²) in [6.45, 7) is 1.98. The van der Waals surface area contributed by atoms with Crippen LogP contribution in [0.4, 0.5) is 0 Å². The topological polar surface area (TPSA) is 17.1 Å². The van der Waals surface area contributed by atoms with Gasteiger partial charge in [-0.25, -0.2) is 0 Å². The van der Waals surface area contributed by atoms with Gasteiger partial charge in [0.2, 0.25) is 0 Å². The van der Waals surface area contributed by atoms with E-state index in [0.29, 0.717) is 0 Å². The smallest absolute Gasteiger partial charge is 0.142 e. The van der Waals surface area contributed by atoms with Gasteiger partial charge in [0.1, 0.15) is 6.29 Å². The predicted octanol–water partition coefficient (Wildman–Crippen LogP) is 4.10. The lowest BCUT2D eigenvalue weighted by atomic mass is 10.3. The zero-order valence-corrected chi connectivity index (χ0v) is 10.1. The van der Waals surface area contributed by atoms with E-state index in [4.69, 9.17) is 0 Å². The standard InChI is InChI=1S/C16H18O/c1-2-3-4-5-6-7-8-9-10-11-12-13-14-15-16-17/h2-16H,1H3/b3-2+,5-4+,7-6+,9-8+,11-10+,13-12+,15-14+. The van der Waals surface area contributed by atoms with Crippen molar-refractivity contribution in [2.75, 3.05) is 0 Å². The van der Waals surface area contributed by atoms with Gasteiger partial charge in [-0.2, -0.15) is 0 Å². The fraction of sp³-hybridized carbons (Fsp3) is 0.0625. The van der Waals surface area contributed by atoms with Crippen molar-refractivity contribution in [2.24, 2.45) is 0 Å². The van der Waals surface area contributed by atoms with Gasteiger partial charge in [-0.15, -0.1) is 0 Å². The van der Waals surface area contributed by atoms with Crippen molar-refractivity contribution in [1.29, 1.82) is 0 Å². The molecule has 0 saturated heterocycles.